The number of pyridine rings is 1. The topological polar surface area (TPSA) is 71.5 Å². The molecule has 0 aliphatic heterocycles. The van der Waals surface area contributed by atoms with Gasteiger partial charge in [-0.3, -0.25) is 4.79 Å². The Balaban J connectivity index is 2.19. The standard InChI is InChI=1S/C13H15F3N2O3/c14-13(15,16)21-11-9(4-3-7-17-11)10(20)18-12(8-19)5-1-2-6-12/h3-4,7,19H,1-2,5-6,8H2,(H,18,20). The van der Waals surface area contributed by atoms with Gasteiger partial charge in [-0.1, -0.05) is 12.8 Å². The van der Waals surface area contributed by atoms with Crippen LogP contribution in [0.3, 0.4) is 0 Å². The second-order valence-electron chi connectivity index (χ2n) is 5.00. The van der Waals surface area contributed by atoms with Crippen molar-refractivity contribution >= 4 is 5.91 Å². The van der Waals surface area contributed by atoms with Crippen molar-refractivity contribution in [2.45, 2.75) is 37.6 Å². The molecule has 0 bridgehead atoms. The van der Waals surface area contributed by atoms with E-state index in [1.54, 1.807) is 0 Å². The van der Waals surface area contributed by atoms with Crippen LogP contribution < -0.4 is 10.1 Å². The highest BCUT2D eigenvalue weighted by Gasteiger charge is 2.37. The summed E-state index contributed by atoms with van der Waals surface area (Å²) < 4.78 is 40.6. The van der Waals surface area contributed by atoms with Crippen molar-refractivity contribution in [1.29, 1.82) is 0 Å². The zero-order chi connectivity index (χ0) is 15.5. The quantitative estimate of drug-likeness (QED) is 0.892. The lowest BCUT2D eigenvalue weighted by Crippen LogP contribution is -2.49. The third-order valence-corrected chi connectivity index (χ3v) is 3.47. The Kier molecular flexibility index (Phi) is 4.36. The minimum Gasteiger partial charge on any atom is -0.394 e. The lowest BCUT2D eigenvalue weighted by Gasteiger charge is -2.28. The number of amides is 1. The maximum Gasteiger partial charge on any atom is 0.574 e. The predicted molar refractivity (Wildman–Crippen MR) is 66.7 cm³/mol. The Bertz CT molecular complexity index is 514. The normalized spacial score (nSPS) is 17.5. The predicted octanol–water partition coefficient (Wildman–Crippen LogP) is 2.02. The summed E-state index contributed by atoms with van der Waals surface area (Å²) in [5.41, 5.74) is -1.09. The summed E-state index contributed by atoms with van der Waals surface area (Å²) in [6.07, 6.45) is -0.948. The van der Waals surface area contributed by atoms with Crippen molar-refractivity contribution in [2.24, 2.45) is 0 Å². The fourth-order valence-electron chi connectivity index (χ4n) is 2.44. The molecule has 1 fully saturated rings. The van der Waals surface area contributed by atoms with Crippen molar-refractivity contribution in [3.05, 3.63) is 23.9 Å². The first-order valence-corrected chi connectivity index (χ1v) is 6.49. The molecule has 0 spiro atoms. The van der Waals surface area contributed by atoms with E-state index in [2.05, 4.69) is 15.0 Å². The SMILES string of the molecule is O=C(NC1(CO)CCCC1)c1cccnc1OC(F)(F)F. The van der Waals surface area contributed by atoms with Gasteiger partial charge in [0.1, 0.15) is 5.56 Å². The van der Waals surface area contributed by atoms with Gasteiger partial charge in [0, 0.05) is 6.20 Å². The van der Waals surface area contributed by atoms with Gasteiger partial charge in [-0.2, -0.15) is 0 Å². The third kappa shape index (κ3) is 3.84. The summed E-state index contributed by atoms with van der Waals surface area (Å²) in [4.78, 5) is 15.6. The Morgan fingerprint density at radius 2 is 2.10 bits per heavy atom. The number of nitrogens with zero attached hydrogens (tertiary/aromatic N) is 1. The van der Waals surface area contributed by atoms with Gasteiger partial charge < -0.3 is 15.2 Å². The Labute approximate surface area is 119 Å². The van der Waals surface area contributed by atoms with Crippen molar-refractivity contribution in [2.75, 3.05) is 6.61 Å². The van der Waals surface area contributed by atoms with Crippen molar-refractivity contribution in [3.8, 4) is 5.88 Å². The summed E-state index contributed by atoms with van der Waals surface area (Å²) >= 11 is 0. The maximum atomic E-state index is 12.3. The molecule has 1 heterocycles. The molecule has 0 radical (unpaired) electrons. The van der Waals surface area contributed by atoms with Crippen LogP contribution in [0.25, 0.3) is 0 Å². The lowest BCUT2D eigenvalue weighted by molar-refractivity contribution is -0.276. The number of alkyl halides is 3. The Morgan fingerprint density at radius 3 is 2.67 bits per heavy atom. The van der Waals surface area contributed by atoms with E-state index in [9.17, 15) is 23.1 Å². The van der Waals surface area contributed by atoms with Gasteiger partial charge in [0.05, 0.1) is 12.1 Å². The lowest BCUT2D eigenvalue weighted by atomic mass is 9.98. The number of hydrogen-bond acceptors (Lipinski definition) is 4. The van der Waals surface area contributed by atoms with E-state index in [0.717, 1.165) is 19.0 Å². The number of nitrogens with one attached hydrogen (secondary N) is 1. The molecular formula is C13H15F3N2O3. The number of aromatic nitrogens is 1. The van der Waals surface area contributed by atoms with Crippen LogP contribution in [0.2, 0.25) is 0 Å². The highest BCUT2D eigenvalue weighted by atomic mass is 19.4. The molecule has 0 atom stereocenters. The minimum absolute atomic E-state index is 0.255. The van der Waals surface area contributed by atoms with Crippen LogP contribution in [0.1, 0.15) is 36.0 Å². The molecule has 116 valence electrons. The summed E-state index contributed by atoms with van der Waals surface area (Å²) in [6.45, 7) is -0.255. The monoisotopic (exact) mass is 304 g/mol. The fraction of sp³-hybridized carbons (Fsp3) is 0.538. The summed E-state index contributed by atoms with van der Waals surface area (Å²) in [6, 6.07) is 2.54. The summed E-state index contributed by atoms with van der Waals surface area (Å²) in [7, 11) is 0. The number of aliphatic hydroxyl groups is 1. The van der Waals surface area contributed by atoms with Crippen LogP contribution in [0, 0.1) is 0 Å². The maximum absolute atomic E-state index is 12.3. The van der Waals surface area contributed by atoms with Crippen LogP contribution in [0.15, 0.2) is 18.3 Å². The number of hydrogen-bond donors (Lipinski definition) is 2. The van der Waals surface area contributed by atoms with E-state index in [0.29, 0.717) is 12.8 Å². The molecular weight excluding hydrogens is 289 g/mol. The molecule has 1 aromatic heterocycles. The van der Waals surface area contributed by atoms with Gasteiger partial charge >= 0.3 is 6.36 Å². The smallest absolute Gasteiger partial charge is 0.394 e. The van der Waals surface area contributed by atoms with Gasteiger partial charge in [-0.15, -0.1) is 13.2 Å². The molecule has 0 aromatic carbocycles. The van der Waals surface area contributed by atoms with Crippen LogP contribution >= 0.6 is 0 Å². The van der Waals surface area contributed by atoms with E-state index in [1.807, 2.05) is 0 Å². The largest absolute Gasteiger partial charge is 0.574 e. The van der Waals surface area contributed by atoms with Crippen molar-refractivity contribution < 1.29 is 27.8 Å². The molecule has 1 aliphatic rings. The van der Waals surface area contributed by atoms with Crippen LogP contribution in [-0.2, 0) is 0 Å². The average molecular weight is 304 g/mol. The summed E-state index contributed by atoms with van der Waals surface area (Å²) in [5, 5.41) is 12.0. The molecule has 0 saturated heterocycles. The molecule has 2 rings (SSSR count). The van der Waals surface area contributed by atoms with E-state index in [1.165, 1.54) is 12.1 Å². The highest BCUT2D eigenvalue weighted by Crippen LogP contribution is 2.30. The molecule has 1 aromatic rings. The molecule has 1 amide bonds. The van der Waals surface area contributed by atoms with Crippen molar-refractivity contribution in [1.82, 2.24) is 10.3 Å². The van der Waals surface area contributed by atoms with E-state index in [-0.39, 0.29) is 12.2 Å². The molecule has 1 saturated carbocycles. The van der Waals surface area contributed by atoms with E-state index < -0.39 is 23.7 Å². The van der Waals surface area contributed by atoms with E-state index >= 15 is 0 Å². The van der Waals surface area contributed by atoms with E-state index in [4.69, 9.17) is 0 Å². The van der Waals surface area contributed by atoms with Gasteiger partial charge in [-0.05, 0) is 25.0 Å². The number of aliphatic hydroxyl groups excluding tert-OH is 1. The molecule has 2 N–H and O–H groups in total. The zero-order valence-corrected chi connectivity index (χ0v) is 11.1. The Morgan fingerprint density at radius 1 is 1.43 bits per heavy atom. The fourth-order valence-corrected chi connectivity index (χ4v) is 2.44. The number of halogens is 3. The van der Waals surface area contributed by atoms with Crippen LogP contribution in [0.5, 0.6) is 5.88 Å². The first-order valence-electron chi connectivity index (χ1n) is 6.49. The van der Waals surface area contributed by atoms with Crippen LogP contribution in [0.4, 0.5) is 13.2 Å². The highest BCUT2D eigenvalue weighted by molar-refractivity contribution is 5.96. The minimum atomic E-state index is -4.93. The number of ether oxygens (including phenoxy) is 1. The molecule has 0 unspecified atom stereocenters. The molecule has 8 heteroatoms. The first-order chi connectivity index (χ1) is 9.85. The number of carbonyl (C=O) groups is 1. The van der Waals surface area contributed by atoms with Gasteiger partial charge in [0.2, 0.25) is 5.88 Å². The Hall–Kier alpha value is -1.83. The van der Waals surface area contributed by atoms with Crippen LogP contribution in [-0.4, -0.2) is 34.5 Å². The number of carbonyl (C=O) groups excluding carboxylic acids is 1. The second-order valence-corrected chi connectivity index (χ2v) is 5.00. The van der Waals surface area contributed by atoms with Gasteiger partial charge in [-0.25, -0.2) is 4.98 Å². The second kappa shape index (κ2) is 5.88. The number of rotatable bonds is 4. The third-order valence-electron chi connectivity index (χ3n) is 3.47. The van der Waals surface area contributed by atoms with Crippen molar-refractivity contribution in [3.63, 3.8) is 0 Å². The van der Waals surface area contributed by atoms with Gasteiger partial charge in [0.25, 0.3) is 5.91 Å². The molecule has 5 nitrogen and oxygen atoms in total. The summed E-state index contributed by atoms with van der Waals surface area (Å²) in [5.74, 6) is -1.54. The zero-order valence-electron chi connectivity index (χ0n) is 11.1. The molecule has 21 heavy (non-hydrogen) atoms. The average Bonchev–Trinajstić information content (AvgIpc) is 2.86. The molecule has 1 aliphatic carbocycles. The van der Waals surface area contributed by atoms with Gasteiger partial charge in [0.15, 0.2) is 0 Å². The first kappa shape index (κ1) is 15.6.